The first-order valence-corrected chi connectivity index (χ1v) is 9.12. The van der Waals surface area contributed by atoms with Crippen molar-refractivity contribution in [1.29, 1.82) is 0 Å². The van der Waals surface area contributed by atoms with E-state index in [1.165, 1.54) is 18.0 Å². The van der Waals surface area contributed by atoms with Crippen molar-refractivity contribution in [3.8, 4) is 5.75 Å². The zero-order valence-corrected chi connectivity index (χ0v) is 16.0. The molecule has 0 saturated carbocycles. The van der Waals surface area contributed by atoms with Crippen molar-refractivity contribution in [3.05, 3.63) is 72.3 Å². The SMILES string of the molecule is CCOc1ccc(NC(=O)c2cnc(N(C)CCc3ccncc3)nc2)cc1. The summed E-state index contributed by atoms with van der Waals surface area (Å²) in [6, 6.07) is 11.2. The third-order valence-corrected chi connectivity index (χ3v) is 4.15. The van der Waals surface area contributed by atoms with Gasteiger partial charge in [0.15, 0.2) is 0 Å². The Hall–Kier alpha value is -3.48. The van der Waals surface area contributed by atoms with E-state index >= 15 is 0 Å². The molecule has 1 N–H and O–H groups in total. The van der Waals surface area contributed by atoms with Crippen LogP contribution in [-0.2, 0) is 6.42 Å². The summed E-state index contributed by atoms with van der Waals surface area (Å²) >= 11 is 0. The van der Waals surface area contributed by atoms with Crippen LogP contribution >= 0.6 is 0 Å². The lowest BCUT2D eigenvalue weighted by Gasteiger charge is -2.16. The van der Waals surface area contributed by atoms with Gasteiger partial charge in [-0.3, -0.25) is 9.78 Å². The Morgan fingerprint density at radius 1 is 1.07 bits per heavy atom. The molecule has 1 amide bonds. The van der Waals surface area contributed by atoms with E-state index in [0.717, 1.165) is 18.7 Å². The van der Waals surface area contributed by atoms with Gasteiger partial charge in [-0.1, -0.05) is 0 Å². The third-order valence-electron chi connectivity index (χ3n) is 4.15. The van der Waals surface area contributed by atoms with Crippen LogP contribution in [-0.4, -0.2) is 41.1 Å². The Bertz CT molecular complexity index is 883. The fourth-order valence-corrected chi connectivity index (χ4v) is 2.59. The first-order valence-electron chi connectivity index (χ1n) is 9.12. The average molecular weight is 377 g/mol. The first-order chi connectivity index (χ1) is 13.7. The quantitative estimate of drug-likeness (QED) is 0.649. The summed E-state index contributed by atoms with van der Waals surface area (Å²) in [5.74, 6) is 1.09. The van der Waals surface area contributed by atoms with Crippen LogP contribution in [0, 0.1) is 0 Å². The van der Waals surface area contributed by atoms with E-state index in [1.54, 1.807) is 24.5 Å². The number of ether oxygens (including phenoxy) is 1. The minimum Gasteiger partial charge on any atom is -0.494 e. The van der Waals surface area contributed by atoms with E-state index in [0.29, 0.717) is 23.8 Å². The summed E-state index contributed by atoms with van der Waals surface area (Å²) in [7, 11) is 1.93. The maximum Gasteiger partial charge on any atom is 0.258 e. The first kappa shape index (κ1) is 19.3. The summed E-state index contributed by atoms with van der Waals surface area (Å²) in [4.78, 5) is 27.0. The molecule has 0 fully saturated rings. The largest absolute Gasteiger partial charge is 0.494 e. The summed E-state index contributed by atoms with van der Waals surface area (Å²) in [6.45, 7) is 3.30. The van der Waals surface area contributed by atoms with Gasteiger partial charge in [0.2, 0.25) is 5.95 Å². The minimum atomic E-state index is -0.254. The second-order valence-electron chi connectivity index (χ2n) is 6.21. The molecular weight excluding hydrogens is 354 g/mol. The molecule has 7 nitrogen and oxygen atoms in total. The molecule has 0 aliphatic heterocycles. The molecule has 0 spiro atoms. The summed E-state index contributed by atoms with van der Waals surface area (Å²) in [5.41, 5.74) is 2.29. The number of aromatic nitrogens is 3. The van der Waals surface area contributed by atoms with Gasteiger partial charge in [-0.15, -0.1) is 0 Å². The van der Waals surface area contributed by atoms with E-state index < -0.39 is 0 Å². The van der Waals surface area contributed by atoms with Crippen LogP contribution < -0.4 is 15.0 Å². The summed E-state index contributed by atoms with van der Waals surface area (Å²) in [5, 5.41) is 2.83. The van der Waals surface area contributed by atoms with Crippen LogP contribution in [0.15, 0.2) is 61.2 Å². The maximum atomic E-state index is 12.4. The van der Waals surface area contributed by atoms with Crippen molar-refractivity contribution in [1.82, 2.24) is 15.0 Å². The zero-order chi connectivity index (χ0) is 19.8. The number of carbonyl (C=O) groups excluding carboxylic acids is 1. The fraction of sp³-hybridized carbons (Fsp3) is 0.238. The second kappa shape index (κ2) is 9.45. The molecule has 0 aliphatic carbocycles. The molecule has 0 aliphatic rings. The van der Waals surface area contributed by atoms with Gasteiger partial charge in [0.05, 0.1) is 12.2 Å². The average Bonchev–Trinajstić information content (AvgIpc) is 2.74. The highest BCUT2D eigenvalue weighted by molar-refractivity contribution is 6.03. The van der Waals surface area contributed by atoms with Crippen LogP contribution in [0.4, 0.5) is 11.6 Å². The molecule has 0 radical (unpaired) electrons. The lowest BCUT2D eigenvalue weighted by Crippen LogP contribution is -2.23. The molecular formula is C21H23N5O2. The lowest BCUT2D eigenvalue weighted by atomic mass is 10.2. The highest BCUT2D eigenvalue weighted by Gasteiger charge is 2.10. The number of nitrogens with zero attached hydrogens (tertiary/aromatic N) is 4. The molecule has 2 aromatic heterocycles. The normalized spacial score (nSPS) is 10.4. The van der Waals surface area contributed by atoms with E-state index in [2.05, 4.69) is 20.3 Å². The Morgan fingerprint density at radius 2 is 1.75 bits per heavy atom. The number of rotatable bonds is 8. The maximum absolute atomic E-state index is 12.4. The molecule has 0 bridgehead atoms. The predicted molar refractivity (Wildman–Crippen MR) is 109 cm³/mol. The van der Waals surface area contributed by atoms with Crippen molar-refractivity contribution in [2.45, 2.75) is 13.3 Å². The number of hydrogen-bond donors (Lipinski definition) is 1. The lowest BCUT2D eigenvalue weighted by molar-refractivity contribution is 0.102. The van der Waals surface area contributed by atoms with Crippen molar-refractivity contribution >= 4 is 17.5 Å². The number of amides is 1. The molecule has 144 valence electrons. The topological polar surface area (TPSA) is 80.2 Å². The number of benzene rings is 1. The van der Waals surface area contributed by atoms with Crippen LogP contribution in [0.25, 0.3) is 0 Å². The highest BCUT2D eigenvalue weighted by atomic mass is 16.5. The molecule has 7 heteroatoms. The standard InChI is InChI=1S/C21H23N5O2/c1-3-28-19-6-4-18(5-7-19)25-20(27)17-14-23-21(24-15-17)26(2)13-10-16-8-11-22-12-9-16/h4-9,11-12,14-15H,3,10,13H2,1-2H3,(H,25,27). The van der Waals surface area contributed by atoms with Crippen LogP contribution in [0.2, 0.25) is 0 Å². The van der Waals surface area contributed by atoms with Gasteiger partial charge in [0.25, 0.3) is 5.91 Å². The van der Waals surface area contributed by atoms with Crippen molar-refractivity contribution < 1.29 is 9.53 Å². The van der Waals surface area contributed by atoms with E-state index in [9.17, 15) is 4.79 Å². The summed E-state index contributed by atoms with van der Waals surface area (Å²) in [6.07, 6.45) is 7.50. The predicted octanol–water partition coefficient (Wildman–Crippen LogP) is 3.20. The van der Waals surface area contributed by atoms with Gasteiger partial charge in [-0.05, 0) is 55.3 Å². The van der Waals surface area contributed by atoms with Gasteiger partial charge in [-0.2, -0.15) is 0 Å². The minimum absolute atomic E-state index is 0.254. The number of pyridine rings is 1. The van der Waals surface area contributed by atoms with E-state index in [-0.39, 0.29) is 5.91 Å². The van der Waals surface area contributed by atoms with Gasteiger partial charge >= 0.3 is 0 Å². The Balaban J connectivity index is 1.56. The van der Waals surface area contributed by atoms with Crippen molar-refractivity contribution in [2.24, 2.45) is 0 Å². The molecule has 3 rings (SSSR count). The molecule has 0 unspecified atom stereocenters. The van der Waals surface area contributed by atoms with Gasteiger partial charge in [-0.25, -0.2) is 9.97 Å². The Labute approximate surface area is 164 Å². The second-order valence-corrected chi connectivity index (χ2v) is 6.21. The number of carbonyl (C=O) groups is 1. The number of nitrogens with one attached hydrogen (secondary N) is 1. The Morgan fingerprint density at radius 3 is 2.39 bits per heavy atom. The van der Waals surface area contributed by atoms with Crippen molar-refractivity contribution in [3.63, 3.8) is 0 Å². The fourth-order valence-electron chi connectivity index (χ4n) is 2.59. The molecule has 28 heavy (non-hydrogen) atoms. The monoisotopic (exact) mass is 377 g/mol. The van der Waals surface area contributed by atoms with Crippen LogP contribution in [0.1, 0.15) is 22.8 Å². The third kappa shape index (κ3) is 5.26. The van der Waals surface area contributed by atoms with Gasteiger partial charge in [0.1, 0.15) is 5.75 Å². The molecule has 0 atom stereocenters. The summed E-state index contributed by atoms with van der Waals surface area (Å²) < 4.78 is 5.39. The van der Waals surface area contributed by atoms with Crippen LogP contribution in [0.5, 0.6) is 5.75 Å². The number of likely N-dealkylation sites (N-methyl/N-ethyl adjacent to an activating group) is 1. The van der Waals surface area contributed by atoms with Crippen LogP contribution in [0.3, 0.4) is 0 Å². The zero-order valence-electron chi connectivity index (χ0n) is 16.0. The van der Waals surface area contributed by atoms with E-state index in [1.807, 2.05) is 43.1 Å². The molecule has 2 heterocycles. The highest BCUT2D eigenvalue weighted by Crippen LogP contribution is 2.16. The van der Waals surface area contributed by atoms with Gasteiger partial charge < -0.3 is 15.0 Å². The molecule has 0 saturated heterocycles. The Kier molecular flexibility index (Phi) is 6.51. The van der Waals surface area contributed by atoms with Crippen molar-refractivity contribution in [2.75, 3.05) is 30.4 Å². The number of anilines is 2. The number of hydrogen-bond acceptors (Lipinski definition) is 6. The van der Waals surface area contributed by atoms with Gasteiger partial charge in [0, 0.05) is 44.1 Å². The van der Waals surface area contributed by atoms with E-state index in [4.69, 9.17) is 4.74 Å². The molecule has 3 aromatic rings. The smallest absolute Gasteiger partial charge is 0.258 e. The molecule has 1 aromatic carbocycles.